The van der Waals surface area contributed by atoms with E-state index in [2.05, 4.69) is 9.97 Å². The summed E-state index contributed by atoms with van der Waals surface area (Å²) >= 11 is 0. The maximum absolute atomic E-state index is 10.9. The van der Waals surface area contributed by atoms with Gasteiger partial charge in [-0.3, -0.25) is 0 Å². The Morgan fingerprint density at radius 3 is 2.93 bits per heavy atom. The van der Waals surface area contributed by atoms with Gasteiger partial charge in [-0.15, -0.1) is 0 Å². The summed E-state index contributed by atoms with van der Waals surface area (Å²) in [5.41, 5.74) is 2.03. The fourth-order valence-electron chi connectivity index (χ4n) is 1.63. The first-order chi connectivity index (χ1) is 7.15. The maximum Gasteiger partial charge on any atom is 0.337 e. The van der Waals surface area contributed by atoms with Gasteiger partial charge < -0.3 is 15.2 Å². The highest BCUT2D eigenvalue weighted by Crippen LogP contribution is 2.23. The van der Waals surface area contributed by atoms with Crippen LogP contribution < -0.4 is 0 Å². The number of pyridine rings is 1. The first-order valence-electron chi connectivity index (χ1n) is 4.45. The molecule has 2 heterocycles. The highest BCUT2D eigenvalue weighted by atomic mass is 16.4. The average Bonchev–Trinajstić information content (AvgIpc) is 2.61. The topological polar surface area (TPSA) is 86.2 Å². The van der Waals surface area contributed by atoms with Gasteiger partial charge >= 0.3 is 5.97 Å². The number of rotatable bonds is 2. The van der Waals surface area contributed by atoms with Crippen LogP contribution in [0.15, 0.2) is 12.4 Å². The summed E-state index contributed by atoms with van der Waals surface area (Å²) in [7, 11) is 0. The van der Waals surface area contributed by atoms with Crippen molar-refractivity contribution in [3.8, 4) is 0 Å². The molecule has 0 aromatic carbocycles. The zero-order valence-corrected chi connectivity index (χ0v) is 8.11. The number of nitrogens with zero attached hydrogens (tertiary/aromatic N) is 1. The average molecular weight is 206 g/mol. The number of aliphatic hydroxyl groups is 1. The lowest BCUT2D eigenvalue weighted by molar-refractivity contribution is 0.0699. The van der Waals surface area contributed by atoms with Gasteiger partial charge in [0.25, 0.3) is 0 Å². The molecular weight excluding hydrogens is 196 g/mol. The molecule has 0 fully saturated rings. The van der Waals surface area contributed by atoms with Crippen LogP contribution in [0.25, 0.3) is 11.0 Å². The van der Waals surface area contributed by atoms with Gasteiger partial charge in [0.2, 0.25) is 0 Å². The highest BCUT2D eigenvalue weighted by Gasteiger charge is 2.15. The van der Waals surface area contributed by atoms with Crippen LogP contribution in [0.3, 0.4) is 0 Å². The summed E-state index contributed by atoms with van der Waals surface area (Å²) in [5.74, 6) is -1.02. The molecule has 0 aliphatic rings. The monoisotopic (exact) mass is 206 g/mol. The predicted molar refractivity (Wildman–Crippen MR) is 53.7 cm³/mol. The number of H-pyrrole nitrogens is 1. The van der Waals surface area contributed by atoms with E-state index in [0.717, 1.165) is 5.56 Å². The van der Waals surface area contributed by atoms with Crippen molar-refractivity contribution < 1.29 is 15.0 Å². The quantitative estimate of drug-likeness (QED) is 0.685. The minimum absolute atomic E-state index is 0.144. The van der Waals surface area contributed by atoms with Crippen LogP contribution in [-0.2, 0) is 6.61 Å². The minimum Gasteiger partial charge on any atom is -0.478 e. The molecule has 78 valence electrons. The normalized spacial score (nSPS) is 10.8. The third-order valence-corrected chi connectivity index (χ3v) is 2.41. The molecule has 0 aliphatic carbocycles. The van der Waals surface area contributed by atoms with E-state index in [1.54, 1.807) is 13.1 Å². The van der Waals surface area contributed by atoms with Crippen molar-refractivity contribution in [2.24, 2.45) is 0 Å². The van der Waals surface area contributed by atoms with Crippen LogP contribution in [0.1, 0.15) is 21.5 Å². The molecular formula is C10H10N2O3. The summed E-state index contributed by atoms with van der Waals surface area (Å²) in [6.07, 6.45) is 2.99. The number of hydrogen-bond donors (Lipinski definition) is 3. The standard InChI is InChI=1S/C10H10N2O3/c1-5-2-11-9-8(7(5)4-13)6(3-12-9)10(14)15/h2-3,13H,4H2,1H3,(H,11,12)(H,14,15). The number of carboxylic acid groups (broad SMARTS) is 1. The van der Waals surface area contributed by atoms with Gasteiger partial charge in [0.15, 0.2) is 0 Å². The molecule has 0 saturated heterocycles. The SMILES string of the molecule is Cc1cnc2[nH]cc(C(=O)O)c2c1CO. The van der Waals surface area contributed by atoms with Gasteiger partial charge in [0.1, 0.15) is 5.65 Å². The molecule has 0 spiro atoms. The lowest BCUT2D eigenvalue weighted by Gasteiger charge is -2.04. The zero-order chi connectivity index (χ0) is 11.0. The highest BCUT2D eigenvalue weighted by molar-refractivity contribution is 6.03. The molecule has 2 rings (SSSR count). The molecule has 5 heteroatoms. The fourth-order valence-corrected chi connectivity index (χ4v) is 1.63. The van der Waals surface area contributed by atoms with Gasteiger partial charge in [0, 0.05) is 17.8 Å². The van der Waals surface area contributed by atoms with E-state index in [0.29, 0.717) is 16.6 Å². The van der Waals surface area contributed by atoms with Crippen LogP contribution in [0.4, 0.5) is 0 Å². The van der Waals surface area contributed by atoms with Crippen molar-refractivity contribution in [1.82, 2.24) is 9.97 Å². The Balaban J connectivity index is 2.86. The molecule has 0 aliphatic heterocycles. The Labute approximate surface area is 85.4 Å². The first-order valence-corrected chi connectivity index (χ1v) is 4.45. The number of aryl methyl sites for hydroxylation is 1. The van der Waals surface area contributed by atoms with Crippen molar-refractivity contribution in [2.75, 3.05) is 0 Å². The summed E-state index contributed by atoms with van der Waals surface area (Å²) in [6, 6.07) is 0. The second kappa shape index (κ2) is 3.36. The van der Waals surface area contributed by atoms with E-state index in [9.17, 15) is 9.90 Å². The van der Waals surface area contributed by atoms with Gasteiger partial charge in [-0.25, -0.2) is 9.78 Å². The van der Waals surface area contributed by atoms with Crippen LogP contribution in [0.2, 0.25) is 0 Å². The molecule has 0 atom stereocenters. The summed E-state index contributed by atoms with van der Waals surface area (Å²) in [6.45, 7) is 1.60. The van der Waals surface area contributed by atoms with Crippen molar-refractivity contribution in [1.29, 1.82) is 0 Å². The van der Waals surface area contributed by atoms with Gasteiger partial charge in [-0.05, 0) is 18.1 Å². The second-order valence-corrected chi connectivity index (χ2v) is 3.31. The van der Waals surface area contributed by atoms with Crippen LogP contribution in [0.5, 0.6) is 0 Å². The molecule has 0 radical (unpaired) electrons. The number of hydrogen-bond acceptors (Lipinski definition) is 3. The van der Waals surface area contributed by atoms with E-state index in [1.165, 1.54) is 6.20 Å². The number of fused-ring (bicyclic) bond motifs is 1. The number of nitrogens with one attached hydrogen (secondary N) is 1. The number of aromatic carboxylic acids is 1. The van der Waals surface area contributed by atoms with Gasteiger partial charge in [-0.1, -0.05) is 0 Å². The predicted octanol–water partition coefficient (Wildman–Crippen LogP) is 1.06. The molecule has 5 nitrogen and oxygen atoms in total. The number of aliphatic hydroxyl groups excluding tert-OH is 1. The third kappa shape index (κ3) is 1.37. The Hall–Kier alpha value is -1.88. The molecule has 3 N–H and O–H groups in total. The van der Waals surface area contributed by atoms with Crippen LogP contribution in [0, 0.1) is 6.92 Å². The number of aromatic amines is 1. The number of carboxylic acids is 1. The van der Waals surface area contributed by atoms with Crippen LogP contribution >= 0.6 is 0 Å². The largest absolute Gasteiger partial charge is 0.478 e. The molecule has 2 aromatic heterocycles. The molecule has 15 heavy (non-hydrogen) atoms. The molecule has 0 bridgehead atoms. The second-order valence-electron chi connectivity index (χ2n) is 3.31. The van der Waals surface area contributed by atoms with Crippen molar-refractivity contribution in [2.45, 2.75) is 13.5 Å². The third-order valence-electron chi connectivity index (χ3n) is 2.41. The Morgan fingerprint density at radius 1 is 1.60 bits per heavy atom. The zero-order valence-electron chi connectivity index (χ0n) is 8.11. The Kier molecular flexibility index (Phi) is 2.17. The summed E-state index contributed by atoms with van der Waals surface area (Å²) in [5, 5.41) is 18.7. The minimum atomic E-state index is -1.02. The van der Waals surface area contributed by atoms with Crippen LogP contribution in [-0.4, -0.2) is 26.2 Å². The van der Waals surface area contributed by atoms with Gasteiger partial charge in [0.05, 0.1) is 12.2 Å². The van der Waals surface area contributed by atoms with E-state index < -0.39 is 5.97 Å². The molecule has 0 amide bonds. The molecule has 2 aromatic rings. The lowest BCUT2D eigenvalue weighted by atomic mass is 10.1. The lowest BCUT2D eigenvalue weighted by Crippen LogP contribution is -1.98. The van der Waals surface area contributed by atoms with Gasteiger partial charge in [-0.2, -0.15) is 0 Å². The molecule has 0 unspecified atom stereocenters. The Morgan fingerprint density at radius 2 is 2.33 bits per heavy atom. The van der Waals surface area contributed by atoms with E-state index in [-0.39, 0.29) is 12.2 Å². The summed E-state index contributed by atoms with van der Waals surface area (Å²) < 4.78 is 0. The number of carbonyl (C=O) groups is 1. The smallest absolute Gasteiger partial charge is 0.337 e. The summed E-state index contributed by atoms with van der Waals surface area (Å²) in [4.78, 5) is 17.8. The van der Waals surface area contributed by atoms with E-state index in [4.69, 9.17) is 5.11 Å². The molecule has 0 saturated carbocycles. The fraction of sp³-hybridized carbons (Fsp3) is 0.200. The van der Waals surface area contributed by atoms with Crippen molar-refractivity contribution in [3.05, 3.63) is 29.1 Å². The van der Waals surface area contributed by atoms with Crippen molar-refractivity contribution in [3.63, 3.8) is 0 Å². The maximum atomic E-state index is 10.9. The Bertz CT molecular complexity index is 531. The van der Waals surface area contributed by atoms with E-state index >= 15 is 0 Å². The van der Waals surface area contributed by atoms with Crippen molar-refractivity contribution >= 4 is 17.0 Å². The first kappa shape index (κ1) is 9.67. The number of aromatic nitrogens is 2. The van der Waals surface area contributed by atoms with E-state index in [1.807, 2.05) is 0 Å².